The SMILES string of the molecule is Fc1cc2nc(CCl)n(CCSC(F)(F)F)c2cc1Br. The molecule has 0 spiro atoms. The molecule has 0 fully saturated rings. The number of nitrogens with zero attached hydrogens (tertiary/aromatic N) is 2. The molecule has 20 heavy (non-hydrogen) atoms. The van der Waals surface area contributed by atoms with E-state index in [9.17, 15) is 17.6 Å². The molecule has 0 aliphatic carbocycles. The number of hydrogen-bond donors (Lipinski definition) is 0. The molecule has 0 atom stereocenters. The Morgan fingerprint density at radius 3 is 2.65 bits per heavy atom. The number of halogens is 6. The number of thioether (sulfide) groups is 1. The first kappa shape index (κ1) is 15.9. The van der Waals surface area contributed by atoms with Gasteiger partial charge >= 0.3 is 5.51 Å². The van der Waals surface area contributed by atoms with E-state index in [1.807, 2.05) is 0 Å². The maximum Gasteiger partial charge on any atom is 0.441 e. The van der Waals surface area contributed by atoms with E-state index in [2.05, 4.69) is 20.9 Å². The fraction of sp³-hybridized carbons (Fsp3) is 0.364. The number of benzene rings is 1. The smallest absolute Gasteiger partial charge is 0.326 e. The van der Waals surface area contributed by atoms with Gasteiger partial charge in [0.2, 0.25) is 0 Å². The Balaban J connectivity index is 2.33. The predicted octanol–water partition coefficient (Wildman–Crippen LogP) is 4.93. The standard InChI is InChI=1S/C11H8BrClF4N2S/c12-6-3-9-8(4-7(6)14)18-10(5-13)19(9)1-2-20-11(15,16)17/h3-4H,1-2,5H2. The van der Waals surface area contributed by atoms with Crippen LogP contribution in [0.2, 0.25) is 0 Å². The van der Waals surface area contributed by atoms with Gasteiger partial charge < -0.3 is 4.57 Å². The molecule has 0 radical (unpaired) electrons. The highest BCUT2D eigenvalue weighted by molar-refractivity contribution is 9.10. The average Bonchev–Trinajstić information content (AvgIpc) is 2.66. The van der Waals surface area contributed by atoms with Gasteiger partial charge in [-0.05, 0) is 33.8 Å². The van der Waals surface area contributed by atoms with Crippen molar-refractivity contribution >= 4 is 50.3 Å². The maximum atomic E-state index is 13.4. The van der Waals surface area contributed by atoms with Crippen LogP contribution >= 0.6 is 39.3 Å². The second-order valence-corrected chi connectivity index (χ2v) is 6.14. The van der Waals surface area contributed by atoms with Crippen molar-refractivity contribution in [1.29, 1.82) is 0 Å². The third-order valence-electron chi connectivity index (χ3n) is 2.57. The fourth-order valence-electron chi connectivity index (χ4n) is 1.77. The highest BCUT2D eigenvalue weighted by Crippen LogP contribution is 2.31. The summed E-state index contributed by atoms with van der Waals surface area (Å²) in [6.07, 6.45) is 0. The lowest BCUT2D eigenvalue weighted by molar-refractivity contribution is -0.0328. The molecule has 110 valence electrons. The van der Waals surface area contributed by atoms with E-state index in [4.69, 9.17) is 11.6 Å². The molecule has 2 rings (SSSR count). The van der Waals surface area contributed by atoms with Gasteiger partial charge in [0.1, 0.15) is 11.6 Å². The zero-order valence-corrected chi connectivity index (χ0v) is 13.0. The van der Waals surface area contributed by atoms with Crippen LogP contribution in [0.3, 0.4) is 0 Å². The predicted molar refractivity (Wildman–Crippen MR) is 75.5 cm³/mol. The van der Waals surface area contributed by atoms with Gasteiger partial charge in [-0.15, -0.1) is 11.6 Å². The molecule has 2 aromatic rings. The molecule has 0 aliphatic heterocycles. The minimum Gasteiger partial charge on any atom is -0.326 e. The number of imidazole rings is 1. The van der Waals surface area contributed by atoms with E-state index in [1.165, 1.54) is 12.1 Å². The van der Waals surface area contributed by atoms with Crippen LogP contribution in [0.1, 0.15) is 5.82 Å². The van der Waals surface area contributed by atoms with Gasteiger partial charge in [0.15, 0.2) is 0 Å². The van der Waals surface area contributed by atoms with Gasteiger partial charge in [0.05, 0.1) is 21.4 Å². The normalized spacial score (nSPS) is 12.3. The summed E-state index contributed by atoms with van der Waals surface area (Å²) in [7, 11) is 0. The van der Waals surface area contributed by atoms with Crippen LogP contribution in [-0.4, -0.2) is 20.8 Å². The van der Waals surface area contributed by atoms with E-state index >= 15 is 0 Å². The summed E-state index contributed by atoms with van der Waals surface area (Å²) in [6, 6.07) is 2.72. The van der Waals surface area contributed by atoms with Crippen molar-refractivity contribution in [3.8, 4) is 0 Å². The molecule has 0 saturated heterocycles. The van der Waals surface area contributed by atoms with Crippen molar-refractivity contribution < 1.29 is 17.6 Å². The molecule has 0 saturated carbocycles. The van der Waals surface area contributed by atoms with Crippen LogP contribution in [0.5, 0.6) is 0 Å². The van der Waals surface area contributed by atoms with E-state index in [0.29, 0.717) is 16.9 Å². The molecule has 1 aromatic carbocycles. The van der Waals surface area contributed by atoms with Gasteiger partial charge in [-0.1, -0.05) is 0 Å². The summed E-state index contributed by atoms with van der Waals surface area (Å²) in [5, 5.41) is 0. The first-order valence-corrected chi connectivity index (χ1v) is 7.74. The highest BCUT2D eigenvalue weighted by Gasteiger charge is 2.27. The van der Waals surface area contributed by atoms with Gasteiger partial charge in [0, 0.05) is 18.4 Å². The third kappa shape index (κ3) is 3.59. The Morgan fingerprint density at radius 2 is 2.05 bits per heavy atom. The fourth-order valence-corrected chi connectivity index (χ4v) is 2.81. The second-order valence-electron chi connectivity index (χ2n) is 3.86. The maximum absolute atomic E-state index is 13.4. The molecule has 2 nitrogen and oxygen atoms in total. The third-order valence-corrected chi connectivity index (χ3v) is 4.13. The van der Waals surface area contributed by atoms with Crippen molar-refractivity contribution in [3.63, 3.8) is 0 Å². The Morgan fingerprint density at radius 1 is 1.35 bits per heavy atom. The summed E-state index contributed by atoms with van der Waals surface area (Å²) in [5.74, 6) is -0.173. The molecule has 0 unspecified atom stereocenters. The average molecular weight is 392 g/mol. The van der Waals surface area contributed by atoms with E-state index in [-0.39, 0.29) is 34.4 Å². The molecular weight excluding hydrogens is 384 g/mol. The summed E-state index contributed by atoms with van der Waals surface area (Å²) in [5.41, 5.74) is -3.35. The van der Waals surface area contributed by atoms with Gasteiger partial charge in [-0.2, -0.15) is 13.2 Å². The van der Waals surface area contributed by atoms with Crippen LogP contribution in [0.25, 0.3) is 11.0 Å². The van der Waals surface area contributed by atoms with Crippen molar-refractivity contribution in [2.75, 3.05) is 5.75 Å². The summed E-state index contributed by atoms with van der Waals surface area (Å²) < 4.78 is 51.7. The van der Waals surface area contributed by atoms with Crippen molar-refractivity contribution in [2.45, 2.75) is 17.9 Å². The Labute approximate surface area is 129 Å². The minimum absolute atomic E-state index is 0.0462. The molecule has 0 N–H and O–H groups in total. The van der Waals surface area contributed by atoms with Crippen LogP contribution < -0.4 is 0 Å². The van der Waals surface area contributed by atoms with E-state index < -0.39 is 11.3 Å². The molecule has 9 heteroatoms. The summed E-state index contributed by atoms with van der Waals surface area (Å²) in [4.78, 5) is 4.13. The number of aromatic nitrogens is 2. The van der Waals surface area contributed by atoms with E-state index in [1.54, 1.807) is 4.57 Å². The molecule has 0 aliphatic rings. The van der Waals surface area contributed by atoms with Gasteiger partial charge in [-0.25, -0.2) is 9.37 Å². The van der Waals surface area contributed by atoms with Crippen LogP contribution in [0, 0.1) is 5.82 Å². The van der Waals surface area contributed by atoms with Crippen LogP contribution in [0.15, 0.2) is 16.6 Å². The monoisotopic (exact) mass is 390 g/mol. The van der Waals surface area contributed by atoms with E-state index in [0.717, 1.165) is 0 Å². The lowest BCUT2D eigenvalue weighted by Gasteiger charge is -2.09. The number of fused-ring (bicyclic) bond motifs is 1. The number of aryl methyl sites for hydroxylation is 1. The van der Waals surface area contributed by atoms with Crippen molar-refractivity contribution in [2.24, 2.45) is 0 Å². The Hall–Kier alpha value is -0.470. The van der Waals surface area contributed by atoms with Crippen LogP contribution in [0.4, 0.5) is 17.6 Å². The highest BCUT2D eigenvalue weighted by atomic mass is 79.9. The zero-order chi connectivity index (χ0) is 14.9. The Bertz CT molecular complexity index is 629. The largest absolute Gasteiger partial charge is 0.441 e. The zero-order valence-electron chi connectivity index (χ0n) is 9.85. The van der Waals surface area contributed by atoms with Crippen molar-refractivity contribution in [1.82, 2.24) is 9.55 Å². The molecule has 0 bridgehead atoms. The lowest BCUT2D eigenvalue weighted by Crippen LogP contribution is -2.09. The molecule has 1 heterocycles. The second kappa shape index (κ2) is 6.11. The first-order chi connectivity index (χ1) is 9.31. The van der Waals surface area contributed by atoms with Gasteiger partial charge in [-0.3, -0.25) is 0 Å². The summed E-state index contributed by atoms with van der Waals surface area (Å²) >= 11 is 8.67. The topological polar surface area (TPSA) is 17.8 Å². The molecular formula is C11H8BrClF4N2S. The molecule has 1 aromatic heterocycles. The number of rotatable bonds is 4. The summed E-state index contributed by atoms with van der Waals surface area (Å²) in [6.45, 7) is 0.0980. The molecule has 0 amide bonds. The number of hydrogen-bond acceptors (Lipinski definition) is 2. The van der Waals surface area contributed by atoms with Crippen LogP contribution in [-0.2, 0) is 12.4 Å². The first-order valence-electron chi connectivity index (χ1n) is 5.42. The Kier molecular flexibility index (Phi) is 4.86. The lowest BCUT2D eigenvalue weighted by atomic mass is 10.3. The quantitative estimate of drug-likeness (QED) is 0.543. The van der Waals surface area contributed by atoms with Gasteiger partial charge in [0.25, 0.3) is 0 Å². The minimum atomic E-state index is -4.27. The number of alkyl halides is 4. The van der Waals surface area contributed by atoms with Crippen molar-refractivity contribution in [3.05, 3.63) is 28.2 Å².